The van der Waals surface area contributed by atoms with Crippen molar-refractivity contribution in [1.29, 1.82) is 0 Å². The zero-order chi connectivity index (χ0) is 17.4. The van der Waals surface area contributed by atoms with Crippen LogP contribution in [-0.4, -0.2) is 55.9 Å². The second kappa shape index (κ2) is 6.72. The molecule has 0 radical (unpaired) electrons. The summed E-state index contributed by atoms with van der Waals surface area (Å²) in [6.45, 7) is 1.67. The Bertz CT molecular complexity index is 729. The van der Waals surface area contributed by atoms with Gasteiger partial charge in [-0.25, -0.2) is 8.42 Å². The van der Waals surface area contributed by atoms with Gasteiger partial charge in [0, 0.05) is 18.0 Å². The van der Waals surface area contributed by atoms with E-state index in [-0.39, 0.29) is 23.9 Å². The lowest BCUT2D eigenvalue weighted by molar-refractivity contribution is -0.127. The van der Waals surface area contributed by atoms with Gasteiger partial charge >= 0.3 is 0 Å². The standard InChI is InChI=1S/C19H26N2O3S/c22-19(20-17-11-15-3-1-2-4-16(15)12-17)14-5-8-21(9-6-14)18-7-10-25(23,24)13-18/h1-4,14,17-18H,5-13H2,(H,20,22)/t18-/m0/s1. The molecule has 2 aliphatic heterocycles. The molecule has 1 N–H and O–H groups in total. The molecule has 0 unspecified atom stereocenters. The summed E-state index contributed by atoms with van der Waals surface area (Å²) < 4.78 is 23.3. The molecule has 2 heterocycles. The van der Waals surface area contributed by atoms with Crippen molar-refractivity contribution in [2.24, 2.45) is 5.92 Å². The molecule has 0 spiro atoms. The fourth-order valence-electron chi connectivity index (χ4n) is 4.57. The fourth-order valence-corrected chi connectivity index (χ4v) is 6.33. The third-order valence-electron chi connectivity index (χ3n) is 6.02. The first-order valence-electron chi connectivity index (χ1n) is 9.32. The van der Waals surface area contributed by atoms with Gasteiger partial charge in [0.2, 0.25) is 5.91 Å². The number of likely N-dealkylation sites (tertiary alicyclic amines) is 1. The van der Waals surface area contributed by atoms with Crippen molar-refractivity contribution in [1.82, 2.24) is 10.2 Å². The van der Waals surface area contributed by atoms with Gasteiger partial charge in [-0.3, -0.25) is 9.69 Å². The van der Waals surface area contributed by atoms with Crippen LogP contribution in [0, 0.1) is 5.92 Å². The second-order valence-corrected chi connectivity index (χ2v) is 9.98. The number of hydrogen-bond donors (Lipinski definition) is 1. The lowest BCUT2D eigenvalue weighted by Gasteiger charge is -2.35. The van der Waals surface area contributed by atoms with Gasteiger partial charge in [-0.2, -0.15) is 0 Å². The van der Waals surface area contributed by atoms with Crippen LogP contribution in [0.3, 0.4) is 0 Å². The molecule has 5 nitrogen and oxygen atoms in total. The van der Waals surface area contributed by atoms with Crippen LogP contribution in [-0.2, 0) is 27.5 Å². The number of carbonyl (C=O) groups excluding carboxylic acids is 1. The Morgan fingerprint density at radius 3 is 2.24 bits per heavy atom. The van der Waals surface area contributed by atoms with Crippen LogP contribution in [0.15, 0.2) is 24.3 Å². The molecule has 3 aliphatic rings. The minimum absolute atomic E-state index is 0.0676. The Morgan fingerprint density at radius 1 is 1.04 bits per heavy atom. The third-order valence-corrected chi connectivity index (χ3v) is 7.77. The molecule has 2 fully saturated rings. The molecule has 1 aromatic carbocycles. The van der Waals surface area contributed by atoms with Gasteiger partial charge in [0.1, 0.15) is 0 Å². The summed E-state index contributed by atoms with van der Waals surface area (Å²) in [6.07, 6.45) is 4.28. The maximum atomic E-state index is 12.6. The Hall–Kier alpha value is -1.40. The van der Waals surface area contributed by atoms with Crippen molar-refractivity contribution >= 4 is 15.7 Å². The molecule has 0 bridgehead atoms. The minimum atomic E-state index is -2.84. The average molecular weight is 362 g/mol. The summed E-state index contributed by atoms with van der Waals surface area (Å²) in [4.78, 5) is 14.9. The van der Waals surface area contributed by atoms with Crippen LogP contribution in [0.5, 0.6) is 0 Å². The van der Waals surface area contributed by atoms with E-state index in [0.717, 1.165) is 45.2 Å². The molecule has 1 amide bonds. The first kappa shape index (κ1) is 17.0. The highest BCUT2D eigenvalue weighted by atomic mass is 32.2. The van der Waals surface area contributed by atoms with Gasteiger partial charge in [0.05, 0.1) is 11.5 Å². The molecule has 1 aromatic rings. The largest absolute Gasteiger partial charge is 0.352 e. The number of benzene rings is 1. The number of piperidine rings is 1. The van der Waals surface area contributed by atoms with E-state index in [4.69, 9.17) is 0 Å². The Labute approximate surface area is 149 Å². The van der Waals surface area contributed by atoms with Crippen LogP contribution >= 0.6 is 0 Å². The molecule has 1 aliphatic carbocycles. The average Bonchev–Trinajstić information content (AvgIpc) is 3.17. The van der Waals surface area contributed by atoms with E-state index in [9.17, 15) is 13.2 Å². The van der Waals surface area contributed by atoms with E-state index in [1.54, 1.807) is 0 Å². The predicted octanol–water partition coefficient (Wildman–Crippen LogP) is 1.17. The van der Waals surface area contributed by atoms with Crippen molar-refractivity contribution in [3.05, 3.63) is 35.4 Å². The highest BCUT2D eigenvalue weighted by Gasteiger charge is 2.35. The van der Waals surface area contributed by atoms with Gasteiger partial charge in [0.15, 0.2) is 9.84 Å². The summed E-state index contributed by atoms with van der Waals surface area (Å²) >= 11 is 0. The maximum Gasteiger partial charge on any atom is 0.223 e. The quantitative estimate of drug-likeness (QED) is 0.877. The SMILES string of the molecule is O=C(NC1Cc2ccccc2C1)C1CCN([C@H]2CCS(=O)(=O)C2)CC1. The van der Waals surface area contributed by atoms with Crippen LogP contribution < -0.4 is 5.32 Å². The van der Waals surface area contributed by atoms with Crippen molar-refractivity contribution in [3.8, 4) is 0 Å². The molecule has 2 saturated heterocycles. The monoisotopic (exact) mass is 362 g/mol. The highest BCUT2D eigenvalue weighted by Crippen LogP contribution is 2.26. The second-order valence-electron chi connectivity index (χ2n) is 7.75. The van der Waals surface area contributed by atoms with Crippen molar-refractivity contribution < 1.29 is 13.2 Å². The zero-order valence-corrected chi connectivity index (χ0v) is 15.3. The Balaban J connectivity index is 1.26. The van der Waals surface area contributed by atoms with Gasteiger partial charge in [-0.1, -0.05) is 24.3 Å². The summed E-state index contributed by atoms with van der Waals surface area (Å²) in [5, 5.41) is 3.24. The van der Waals surface area contributed by atoms with E-state index < -0.39 is 9.84 Å². The zero-order valence-electron chi connectivity index (χ0n) is 14.5. The minimum Gasteiger partial charge on any atom is -0.352 e. The highest BCUT2D eigenvalue weighted by molar-refractivity contribution is 7.91. The molecule has 6 heteroatoms. The molecular formula is C19H26N2O3S. The summed E-state index contributed by atoms with van der Waals surface area (Å²) in [6, 6.07) is 8.80. The predicted molar refractivity (Wildman–Crippen MR) is 97.1 cm³/mol. The summed E-state index contributed by atoms with van der Waals surface area (Å²) in [7, 11) is -2.84. The molecule has 0 aromatic heterocycles. The third kappa shape index (κ3) is 3.75. The molecule has 0 saturated carbocycles. The van der Waals surface area contributed by atoms with Crippen molar-refractivity contribution in [3.63, 3.8) is 0 Å². The normalized spacial score (nSPS) is 27.3. The molecular weight excluding hydrogens is 336 g/mol. The van der Waals surface area contributed by atoms with Crippen LogP contribution in [0.2, 0.25) is 0 Å². The van der Waals surface area contributed by atoms with E-state index in [0.29, 0.717) is 11.5 Å². The van der Waals surface area contributed by atoms with Crippen LogP contribution in [0.4, 0.5) is 0 Å². The molecule has 136 valence electrons. The number of fused-ring (bicyclic) bond motifs is 1. The first-order chi connectivity index (χ1) is 12.0. The lowest BCUT2D eigenvalue weighted by Crippen LogP contribution is -2.47. The Morgan fingerprint density at radius 2 is 1.68 bits per heavy atom. The first-order valence-corrected chi connectivity index (χ1v) is 11.1. The number of nitrogens with zero attached hydrogens (tertiary/aromatic N) is 1. The molecule has 1 atom stereocenters. The number of hydrogen-bond acceptors (Lipinski definition) is 4. The number of amides is 1. The van der Waals surface area contributed by atoms with Crippen molar-refractivity contribution in [2.45, 2.75) is 44.2 Å². The van der Waals surface area contributed by atoms with E-state index >= 15 is 0 Å². The topological polar surface area (TPSA) is 66.5 Å². The number of sulfone groups is 1. The lowest BCUT2D eigenvalue weighted by atomic mass is 9.94. The molecule has 25 heavy (non-hydrogen) atoms. The number of nitrogens with one attached hydrogen (secondary N) is 1. The summed E-state index contributed by atoms with van der Waals surface area (Å²) in [5.74, 6) is 0.860. The maximum absolute atomic E-state index is 12.6. The van der Waals surface area contributed by atoms with Gasteiger partial charge < -0.3 is 5.32 Å². The van der Waals surface area contributed by atoms with Crippen LogP contribution in [0.25, 0.3) is 0 Å². The van der Waals surface area contributed by atoms with Crippen molar-refractivity contribution in [2.75, 3.05) is 24.6 Å². The van der Waals surface area contributed by atoms with Gasteiger partial charge in [0.25, 0.3) is 0 Å². The smallest absolute Gasteiger partial charge is 0.223 e. The van der Waals surface area contributed by atoms with Gasteiger partial charge in [-0.15, -0.1) is 0 Å². The number of carbonyl (C=O) groups is 1. The molecule has 4 rings (SSSR count). The fraction of sp³-hybridized carbons (Fsp3) is 0.632. The number of rotatable bonds is 3. The summed E-state index contributed by atoms with van der Waals surface area (Å²) in [5.41, 5.74) is 2.70. The van der Waals surface area contributed by atoms with E-state index in [1.807, 2.05) is 0 Å². The van der Waals surface area contributed by atoms with E-state index in [1.165, 1.54) is 11.1 Å². The Kier molecular flexibility index (Phi) is 4.58. The van der Waals surface area contributed by atoms with E-state index in [2.05, 4.69) is 34.5 Å². The van der Waals surface area contributed by atoms with Crippen LogP contribution in [0.1, 0.15) is 30.4 Å². The van der Waals surface area contributed by atoms with Gasteiger partial charge in [-0.05, 0) is 56.3 Å².